The number of amides is 3. The van der Waals surface area contributed by atoms with E-state index in [1.165, 1.54) is 9.91 Å². The van der Waals surface area contributed by atoms with Crippen molar-refractivity contribution in [3.8, 4) is 0 Å². The number of para-hydroxylation sites is 1. The minimum atomic E-state index is -0.692. The van der Waals surface area contributed by atoms with Crippen LogP contribution in [0.2, 0.25) is 0 Å². The fourth-order valence-electron chi connectivity index (χ4n) is 2.66. The number of carbonyl (C=O) groups excluding carboxylic acids is 3. The van der Waals surface area contributed by atoms with E-state index in [0.717, 1.165) is 6.42 Å². The highest BCUT2D eigenvalue weighted by Gasteiger charge is 2.32. The molecule has 0 saturated carbocycles. The summed E-state index contributed by atoms with van der Waals surface area (Å²) in [6.07, 6.45) is 1.53. The second-order valence-electron chi connectivity index (χ2n) is 6.35. The Bertz CT molecular complexity index is 705. The second kappa shape index (κ2) is 9.70. The lowest BCUT2D eigenvalue weighted by atomic mass is 10.2. The van der Waals surface area contributed by atoms with Gasteiger partial charge in [0.05, 0.1) is 12.2 Å². The lowest BCUT2D eigenvalue weighted by Crippen LogP contribution is -2.59. The van der Waals surface area contributed by atoms with Gasteiger partial charge in [-0.05, 0) is 31.9 Å². The van der Waals surface area contributed by atoms with Crippen molar-refractivity contribution in [3.63, 3.8) is 0 Å². The molecule has 3 amide bonds. The lowest BCUT2D eigenvalue weighted by Gasteiger charge is -2.32. The number of nitrogens with one attached hydrogen (secondary N) is 2. The van der Waals surface area contributed by atoms with Gasteiger partial charge in [0.2, 0.25) is 11.7 Å². The van der Waals surface area contributed by atoms with Crippen molar-refractivity contribution in [1.82, 2.24) is 15.6 Å². The van der Waals surface area contributed by atoms with Crippen LogP contribution in [-0.2, 0) is 14.4 Å². The first-order chi connectivity index (χ1) is 13.0. The first-order valence-corrected chi connectivity index (χ1v) is 9.27. The molecule has 0 radical (unpaired) electrons. The zero-order valence-electron chi connectivity index (χ0n) is 16.1. The minimum Gasteiger partial charge on any atom is -0.355 e. The van der Waals surface area contributed by atoms with Crippen LogP contribution in [-0.4, -0.2) is 54.1 Å². The second-order valence-corrected chi connectivity index (χ2v) is 6.35. The highest BCUT2D eigenvalue weighted by molar-refractivity contribution is 6.39. The van der Waals surface area contributed by atoms with Gasteiger partial charge in [-0.3, -0.25) is 19.8 Å². The molecular formula is C19H27N5O3. The minimum absolute atomic E-state index is 0.0406. The van der Waals surface area contributed by atoms with Gasteiger partial charge in [0.25, 0.3) is 11.8 Å². The number of amidine groups is 1. The molecule has 0 fully saturated rings. The first-order valence-electron chi connectivity index (χ1n) is 9.27. The Kier molecular flexibility index (Phi) is 7.34. The van der Waals surface area contributed by atoms with E-state index >= 15 is 0 Å². The number of benzene rings is 1. The van der Waals surface area contributed by atoms with Gasteiger partial charge < -0.3 is 10.2 Å². The smallest absolute Gasteiger partial charge is 0.291 e. The highest BCUT2D eigenvalue weighted by atomic mass is 16.2. The van der Waals surface area contributed by atoms with E-state index in [9.17, 15) is 14.4 Å². The molecule has 1 atom stereocenters. The van der Waals surface area contributed by atoms with Gasteiger partial charge in [-0.25, -0.2) is 10.0 Å². The maximum Gasteiger partial charge on any atom is 0.291 e. The number of hydrogen-bond donors (Lipinski definition) is 2. The lowest BCUT2D eigenvalue weighted by molar-refractivity contribution is -0.131. The van der Waals surface area contributed by atoms with Gasteiger partial charge >= 0.3 is 0 Å². The molecule has 0 bridgehead atoms. The number of anilines is 1. The van der Waals surface area contributed by atoms with Gasteiger partial charge in [0, 0.05) is 13.1 Å². The summed E-state index contributed by atoms with van der Waals surface area (Å²) in [5.41, 5.74) is 3.44. The molecule has 8 nitrogen and oxygen atoms in total. The summed E-state index contributed by atoms with van der Waals surface area (Å²) >= 11 is 0. The molecule has 1 aliphatic rings. The predicted molar refractivity (Wildman–Crippen MR) is 104 cm³/mol. The summed E-state index contributed by atoms with van der Waals surface area (Å²) in [4.78, 5) is 43.1. The Balaban J connectivity index is 2.17. The Morgan fingerprint density at radius 3 is 2.56 bits per heavy atom. The van der Waals surface area contributed by atoms with Crippen LogP contribution in [0.5, 0.6) is 0 Å². The van der Waals surface area contributed by atoms with E-state index in [2.05, 4.69) is 15.7 Å². The first kappa shape index (κ1) is 20.4. The van der Waals surface area contributed by atoms with Crippen molar-refractivity contribution in [2.75, 3.05) is 24.6 Å². The molecule has 0 saturated heterocycles. The molecule has 0 spiro atoms. The maximum atomic E-state index is 12.9. The number of carbonyl (C=O) groups is 3. The largest absolute Gasteiger partial charge is 0.355 e. The zero-order valence-corrected chi connectivity index (χ0v) is 16.1. The van der Waals surface area contributed by atoms with E-state index in [4.69, 9.17) is 0 Å². The molecule has 8 heteroatoms. The van der Waals surface area contributed by atoms with E-state index in [-0.39, 0.29) is 24.2 Å². The molecule has 1 unspecified atom stereocenters. The molecule has 0 aromatic heterocycles. The van der Waals surface area contributed by atoms with Crippen LogP contribution in [0.1, 0.15) is 33.6 Å². The van der Waals surface area contributed by atoms with Gasteiger partial charge in [-0.1, -0.05) is 32.0 Å². The van der Waals surface area contributed by atoms with Crippen molar-refractivity contribution < 1.29 is 14.4 Å². The molecule has 2 rings (SSSR count). The summed E-state index contributed by atoms with van der Waals surface area (Å²) in [5, 5.41) is 4.10. The Morgan fingerprint density at radius 1 is 1.22 bits per heavy atom. The number of aliphatic imine (C=N–C) groups is 1. The van der Waals surface area contributed by atoms with Crippen molar-refractivity contribution in [2.24, 2.45) is 4.99 Å². The van der Waals surface area contributed by atoms with Crippen molar-refractivity contribution in [1.29, 1.82) is 0 Å². The summed E-state index contributed by atoms with van der Waals surface area (Å²) in [6, 6.07) is 8.31. The van der Waals surface area contributed by atoms with Crippen molar-refractivity contribution >= 4 is 29.2 Å². The van der Waals surface area contributed by atoms with Crippen LogP contribution in [0.15, 0.2) is 35.3 Å². The van der Waals surface area contributed by atoms with Gasteiger partial charge in [-0.15, -0.1) is 0 Å². The van der Waals surface area contributed by atoms with Crippen LogP contribution in [0.4, 0.5) is 5.69 Å². The molecule has 1 aliphatic heterocycles. The monoisotopic (exact) mass is 373 g/mol. The van der Waals surface area contributed by atoms with Gasteiger partial charge in [0.1, 0.15) is 6.04 Å². The third kappa shape index (κ3) is 5.29. The number of nitrogens with zero attached hydrogens (tertiary/aromatic N) is 3. The molecule has 1 aromatic carbocycles. The van der Waals surface area contributed by atoms with E-state index in [0.29, 0.717) is 25.2 Å². The Morgan fingerprint density at radius 2 is 1.93 bits per heavy atom. The summed E-state index contributed by atoms with van der Waals surface area (Å²) in [6.45, 7) is 6.49. The van der Waals surface area contributed by atoms with Crippen LogP contribution >= 0.6 is 0 Å². The molecule has 0 aliphatic carbocycles. The van der Waals surface area contributed by atoms with Crippen molar-refractivity contribution in [2.45, 2.75) is 39.7 Å². The topological polar surface area (TPSA) is 94.1 Å². The predicted octanol–water partition coefficient (Wildman–Crippen LogP) is 1.09. The van der Waals surface area contributed by atoms with E-state index in [1.807, 2.05) is 32.0 Å². The number of rotatable bonds is 8. The van der Waals surface area contributed by atoms with E-state index in [1.54, 1.807) is 19.1 Å². The highest BCUT2D eigenvalue weighted by Crippen LogP contribution is 2.16. The fourth-order valence-corrected chi connectivity index (χ4v) is 2.66. The molecule has 2 N–H and O–H groups in total. The van der Waals surface area contributed by atoms with Gasteiger partial charge in [-0.2, -0.15) is 0 Å². The zero-order chi connectivity index (χ0) is 19.8. The van der Waals surface area contributed by atoms with Crippen LogP contribution in [0.3, 0.4) is 0 Å². The summed E-state index contributed by atoms with van der Waals surface area (Å²) in [7, 11) is 0. The van der Waals surface area contributed by atoms with Crippen molar-refractivity contribution in [3.05, 3.63) is 30.3 Å². The van der Waals surface area contributed by atoms with E-state index < -0.39 is 11.9 Å². The molecule has 1 aromatic rings. The van der Waals surface area contributed by atoms with Crippen LogP contribution in [0.25, 0.3) is 0 Å². The molecule has 146 valence electrons. The standard InChI is InChI=1S/C19H27N5O3/c1-4-11-20-16(25)13-23(12-5-2)19(27)17-21-14(3)18(26)24(22-17)15-9-7-6-8-10-15/h6-10,14H,4-5,11-13H2,1-3H3,(H,20,25)(H,21,22). The summed E-state index contributed by atoms with van der Waals surface area (Å²) in [5.74, 6) is -0.800. The Hall–Kier alpha value is -2.90. The van der Waals surface area contributed by atoms with Gasteiger partial charge in [0.15, 0.2) is 0 Å². The molecule has 27 heavy (non-hydrogen) atoms. The van der Waals surface area contributed by atoms with Crippen LogP contribution in [0, 0.1) is 0 Å². The van der Waals surface area contributed by atoms with Crippen LogP contribution < -0.4 is 15.8 Å². The molecule has 1 heterocycles. The third-order valence-corrected chi connectivity index (χ3v) is 4.02. The third-order valence-electron chi connectivity index (χ3n) is 4.02. The number of hydrogen-bond acceptors (Lipinski definition) is 5. The number of hydrazine groups is 1. The average Bonchev–Trinajstić information content (AvgIpc) is 2.68. The fraction of sp³-hybridized carbons (Fsp3) is 0.474. The maximum absolute atomic E-state index is 12.9. The molecular weight excluding hydrogens is 346 g/mol. The average molecular weight is 373 g/mol. The Labute approximate surface area is 159 Å². The quantitative estimate of drug-likeness (QED) is 0.713. The SMILES string of the molecule is CCCNC(=O)CN(CCC)C(=O)C1=NC(C)C(=O)N(c2ccccc2)N1. The normalized spacial score (nSPS) is 16.4. The summed E-state index contributed by atoms with van der Waals surface area (Å²) < 4.78 is 0.